The average Bonchev–Trinajstić information content (AvgIpc) is 2.83. The minimum Gasteiger partial charge on any atom is -0.331 e. The number of sulfonamides is 1. The first-order valence-corrected chi connectivity index (χ1v) is 11.1. The van der Waals surface area contributed by atoms with Crippen molar-refractivity contribution in [1.82, 2.24) is 14.1 Å². The van der Waals surface area contributed by atoms with Gasteiger partial charge in [-0.15, -0.1) is 0 Å². The van der Waals surface area contributed by atoms with Crippen LogP contribution in [0.15, 0.2) is 24.3 Å². The number of amides is 2. The summed E-state index contributed by atoms with van der Waals surface area (Å²) in [7, 11) is -3.75. The Balaban J connectivity index is 1.80. The molecule has 0 N–H and O–H groups in total. The van der Waals surface area contributed by atoms with Crippen LogP contribution in [-0.2, 0) is 25.4 Å². The zero-order chi connectivity index (χ0) is 20.5. The minimum atomic E-state index is -3.75. The number of benzene rings is 1. The molecule has 1 unspecified atom stereocenters. The van der Waals surface area contributed by atoms with Gasteiger partial charge in [-0.2, -0.15) is 4.31 Å². The monoisotopic (exact) mass is 411 g/mol. The molecule has 2 heterocycles. The lowest BCUT2D eigenvalue weighted by Crippen LogP contribution is -2.62. The number of hydrogen-bond donors (Lipinski definition) is 0. The number of fused-ring (bicyclic) bond motifs is 1. The summed E-state index contributed by atoms with van der Waals surface area (Å²) in [6, 6.07) is 4.68. The van der Waals surface area contributed by atoms with E-state index in [1.807, 2.05) is 13.8 Å². The van der Waals surface area contributed by atoms with E-state index >= 15 is 0 Å². The molecule has 0 aliphatic carbocycles. The van der Waals surface area contributed by atoms with Crippen molar-refractivity contribution >= 4 is 21.8 Å². The number of halogens is 1. The molecule has 2 aliphatic heterocycles. The molecule has 0 radical (unpaired) electrons. The summed E-state index contributed by atoms with van der Waals surface area (Å²) in [6.07, 6.45) is 0.460. The zero-order valence-corrected chi connectivity index (χ0v) is 17.0. The van der Waals surface area contributed by atoms with Crippen molar-refractivity contribution in [3.63, 3.8) is 0 Å². The third kappa shape index (κ3) is 4.52. The van der Waals surface area contributed by atoms with Crippen LogP contribution in [0.3, 0.4) is 0 Å². The quantitative estimate of drug-likeness (QED) is 0.726. The molecular formula is C19H26FN3O4S. The van der Waals surface area contributed by atoms with Crippen LogP contribution < -0.4 is 0 Å². The van der Waals surface area contributed by atoms with Crippen LogP contribution >= 0.6 is 0 Å². The van der Waals surface area contributed by atoms with Crippen LogP contribution in [0.2, 0.25) is 0 Å². The molecule has 0 spiro atoms. The number of carbonyl (C=O) groups excluding carboxylic acids is 2. The molecule has 0 saturated carbocycles. The maximum atomic E-state index is 13.4. The first kappa shape index (κ1) is 20.7. The fourth-order valence-electron chi connectivity index (χ4n) is 3.79. The summed E-state index contributed by atoms with van der Waals surface area (Å²) in [5, 5.41) is 0. The van der Waals surface area contributed by atoms with E-state index < -0.39 is 21.9 Å². The topological polar surface area (TPSA) is 78.0 Å². The second-order valence-corrected chi connectivity index (χ2v) is 9.78. The lowest BCUT2D eigenvalue weighted by Gasteiger charge is -2.40. The first-order valence-electron chi connectivity index (χ1n) is 9.48. The molecule has 0 aromatic heterocycles. The second-order valence-electron chi connectivity index (χ2n) is 7.81. The molecule has 1 aromatic rings. The molecule has 0 bridgehead atoms. The number of rotatable bonds is 5. The summed E-state index contributed by atoms with van der Waals surface area (Å²) in [5.41, 5.74) is 0.355. The predicted octanol–water partition coefficient (Wildman–Crippen LogP) is 1.06. The van der Waals surface area contributed by atoms with E-state index in [-0.39, 0.29) is 43.1 Å². The SMILES string of the molecule is CC(C)CN1CC(=O)N2CCCN(S(=O)(=O)Cc3cccc(F)c3)CC2C1=O. The van der Waals surface area contributed by atoms with E-state index in [4.69, 9.17) is 0 Å². The molecule has 2 aliphatic rings. The number of hydrogen-bond acceptors (Lipinski definition) is 4. The number of piperazine rings is 1. The van der Waals surface area contributed by atoms with Crippen molar-refractivity contribution < 1.29 is 22.4 Å². The molecule has 2 amide bonds. The van der Waals surface area contributed by atoms with Crippen molar-refractivity contribution in [2.45, 2.75) is 32.1 Å². The van der Waals surface area contributed by atoms with Gasteiger partial charge in [0.25, 0.3) is 0 Å². The Hall–Kier alpha value is -2.00. The van der Waals surface area contributed by atoms with Gasteiger partial charge in [0.1, 0.15) is 11.9 Å². The van der Waals surface area contributed by atoms with Crippen LogP contribution in [0.4, 0.5) is 4.39 Å². The highest BCUT2D eigenvalue weighted by atomic mass is 32.2. The van der Waals surface area contributed by atoms with Crippen LogP contribution in [0.1, 0.15) is 25.8 Å². The highest BCUT2D eigenvalue weighted by molar-refractivity contribution is 7.88. The fourth-order valence-corrected chi connectivity index (χ4v) is 5.34. The van der Waals surface area contributed by atoms with E-state index in [0.29, 0.717) is 25.1 Å². The van der Waals surface area contributed by atoms with E-state index in [1.54, 1.807) is 6.07 Å². The van der Waals surface area contributed by atoms with Gasteiger partial charge in [-0.1, -0.05) is 26.0 Å². The van der Waals surface area contributed by atoms with Gasteiger partial charge in [-0.25, -0.2) is 12.8 Å². The van der Waals surface area contributed by atoms with Gasteiger partial charge in [0, 0.05) is 26.2 Å². The molecule has 1 aromatic carbocycles. The molecule has 3 rings (SSSR count). The second kappa shape index (κ2) is 8.16. The van der Waals surface area contributed by atoms with Gasteiger partial charge >= 0.3 is 0 Å². The minimum absolute atomic E-state index is 0.0452. The maximum absolute atomic E-state index is 13.4. The summed E-state index contributed by atoms with van der Waals surface area (Å²) < 4.78 is 40.5. The molecule has 1 atom stereocenters. The van der Waals surface area contributed by atoms with Crippen LogP contribution in [0.25, 0.3) is 0 Å². The van der Waals surface area contributed by atoms with Gasteiger partial charge in [0.15, 0.2) is 0 Å². The number of nitrogens with zero attached hydrogens (tertiary/aromatic N) is 3. The predicted molar refractivity (Wildman–Crippen MR) is 102 cm³/mol. The van der Waals surface area contributed by atoms with E-state index in [9.17, 15) is 22.4 Å². The smallest absolute Gasteiger partial charge is 0.247 e. The van der Waals surface area contributed by atoms with Gasteiger partial charge in [0.2, 0.25) is 21.8 Å². The Morgan fingerprint density at radius 1 is 1.21 bits per heavy atom. The average molecular weight is 411 g/mol. The Morgan fingerprint density at radius 2 is 1.96 bits per heavy atom. The Kier molecular flexibility index (Phi) is 6.04. The molecule has 9 heteroatoms. The summed E-state index contributed by atoms with van der Waals surface area (Å²) in [5.74, 6) is -0.972. The van der Waals surface area contributed by atoms with Crippen molar-refractivity contribution in [3.05, 3.63) is 35.6 Å². The van der Waals surface area contributed by atoms with E-state index in [2.05, 4.69) is 0 Å². The first-order chi connectivity index (χ1) is 13.2. The number of carbonyl (C=O) groups is 2. The van der Waals surface area contributed by atoms with Gasteiger partial charge in [-0.05, 0) is 30.0 Å². The van der Waals surface area contributed by atoms with Crippen LogP contribution in [0, 0.1) is 11.7 Å². The van der Waals surface area contributed by atoms with Crippen molar-refractivity contribution in [2.75, 3.05) is 32.7 Å². The van der Waals surface area contributed by atoms with Gasteiger partial charge in [-0.3, -0.25) is 9.59 Å². The Morgan fingerprint density at radius 3 is 2.64 bits per heavy atom. The van der Waals surface area contributed by atoms with E-state index in [1.165, 1.54) is 32.3 Å². The normalized spacial score (nSPS) is 21.8. The maximum Gasteiger partial charge on any atom is 0.247 e. The largest absolute Gasteiger partial charge is 0.331 e. The van der Waals surface area contributed by atoms with Crippen LogP contribution in [0.5, 0.6) is 0 Å². The Labute approximate surface area is 165 Å². The molecule has 2 fully saturated rings. The Bertz CT molecular complexity index is 858. The third-order valence-corrected chi connectivity index (χ3v) is 6.84. The van der Waals surface area contributed by atoms with Gasteiger partial charge in [0.05, 0.1) is 12.3 Å². The summed E-state index contributed by atoms with van der Waals surface area (Å²) in [4.78, 5) is 28.5. The van der Waals surface area contributed by atoms with Crippen LogP contribution in [-0.4, -0.2) is 73.1 Å². The van der Waals surface area contributed by atoms with Crippen molar-refractivity contribution in [1.29, 1.82) is 0 Å². The molecule has 154 valence electrons. The highest BCUT2D eigenvalue weighted by Gasteiger charge is 2.43. The zero-order valence-electron chi connectivity index (χ0n) is 16.2. The van der Waals surface area contributed by atoms with Crippen molar-refractivity contribution in [2.24, 2.45) is 5.92 Å². The molecule has 28 heavy (non-hydrogen) atoms. The third-order valence-electron chi connectivity index (χ3n) is 5.02. The van der Waals surface area contributed by atoms with Crippen molar-refractivity contribution in [3.8, 4) is 0 Å². The lowest BCUT2D eigenvalue weighted by atomic mass is 10.1. The lowest BCUT2D eigenvalue weighted by molar-refractivity contribution is -0.156. The molecular weight excluding hydrogens is 385 g/mol. The molecule has 7 nitrogen and oxygen atoms in total. The highest BCUT2D eigenvalue weighted by Crippen LogP contribution is 2.22. The standard InChI is InChI=1S/C19H26FN3O4S/c1-14(2)10-21-12-18(24)23-8-4-7-22(11-17(23)19(21)25)28(26,27)13-15-5-3-6-16(20)9-15/h3,5-6,9,14,17H,4,7-8,10-13H2,1-2H3. The fraction of sp³-hybridized carbons (Fsp3) is 0.579. The van der Waals surface area contributed by atoms with Gasteiger partial charge < -0.3 is 9.80 Å². The summed E-state index contributed by atoms with van der Waals surface area (Å²) >= 11 is 0. The van der Waals surface area contributed by atoms with E-state index in [0.717, 1.165) is 0 Å². The summed E-state index contributed by atoms with van der Waals surface area (Å²) in [6.45, 7) is 4.97. The molecule has 2 saturated heterocycles.